The van der Waals surface area contributed by atoms with E-state index in [4.69, 9.17) is 14.0 Å². The summed E-state index contributed by atoms with van der Waals surface area (Å²) in [5.41, 5.74) is -0.320. The zero-order chi connectivity index (χ0) is 18.7. The van der Waals surface area contributed by atoms with Gasteiger partial charge >= 0.3 is 12.1 Å². The Hall–Kier alpha value is -3.36. The summed E-state index contributed by atoms with van der Waals surface area (Å²) in [7, 11) is 0. The zero-order valence-electron chi connectivity index (χ0n) is 13.3. The van der Waals surface area contributed by atoms with Crippen molar-refractivity contribution in [1.29, 1.82) is 0 Å². The predicted octanol–water partition coefficient (Wildman–Crippen LogP) is 4.41. The summed E-state index contributed by atoms with van der Waals surface area (Å²) in [6, 6.07) is 9.30. The molecule has 0 bridgehead atoms. The van der Waals surface area contributed by atoms with E-state index in [1.165, 1.54) is 30.3 Å². The SMILES string of the molecule is Cc1cc(C(=O)Oc2ccc(Oc3ccc(C(F)(F)F)cn3)cc2)on1. The lowest BCUT2D eigenvalue weighted by atomic mass is 10.3. The number of hydrogen-bond donors (Lipinski definition) is 0. The zero-order valence-corrected chi connectivity index (χ0v) is 13.3. The van der Waals surface area contributed by atoms with Crippen LogP contribution in [-0.4, -0.2) is 16.1 Å². The van der Waals surface area contributed by atoms with Crippen LogP contribution in [0.2, 0.25) is 0 Å². The molecular weight excluding hydrogens is 353 g/mol. The first-order chi connectivity index (χ1) is 12.3. The highest BCUT2D eigenvalue weighted by Crippen LogP contribution is 2.30. The third kappa shape index (κ3) is 4.18. The van der Waals surface area contributed by atoms with Crippen LogP contribution in [0.1, 0.15) is 21.8 Å². The third-order valence-corrected chi connectivity index (χ3v) is 3.15. The van der Waals surface area contributed by atoms with Crippen molar-refractivity contribution >= 4 is 5.97 Å². The number of ether oxygens (including phenoxy) is 2. The summed E-state index contributed by atoms with van der Waals surface area (Å²) < 4.78 is 52.7. The highest BCUT2D eigenvalue weighted by Gasteiger charge is 2.30. The number of esters is 1. The monoisotopic (exact) mass is 364 g/mol. The first-order valence-corrected chi connectivity index (χ1v) is 7.28. The van der Waals surface area contributed by atoms with Crippen molar-refractivity contribution < 1.29 is 32.0 Å². The largest absolute Gasteiger partial charge is 0.439 e. The van der Waals surface area contributed by atoms with Crippen molar-refractivity contribution in [3.63, 3.8) is 0 Å². The molecule has 3 aromatic rings. The molecule has 3 rings (SSSR count). The van der Waals surface area contributed by atoms with Crippen molar-refractivity contribution in [3.05, 3.63) is 65.7 Å². The van der Waals surface area contributed by atoms with Crippen molar-refractivity contribution in [3.8, 4) is 17.4 Å². The number of benzene rings is 1. The summed E-state index contributed by atoms with van der Waals surface area (Å²) in [5.74, 6) is -0.190. The molecule has 0 radical (unpaired) electrons. The van der Waals surface area contributed by atoms with Gasteiger partial charge in [-0.05, 0) is 37.3 Å². The molecule has 2 heterocycles. The number of alkyl halides is 3. The second kappa shape index (κ2) is 6.87. The molecule has 0 atom stereocenters. The van der Waals surface area contributed by atoms with Crippen LogP contribution in [0.25, 0.3) is 0 Å². The van der Waals surface area contributed by atoms with Gasteiger partial charge in [-0.25, -0.2) is 9.78 Å². The van der Waals surface area contributed by atoms with Crippen LogP contribution in [0.5, 0.6) is 17.4 Å². The van der Waals surface area contributed by atoms with Gasteiger partial charge in [0.15, 0.2) is 0 Å². The normalized spacial score (nSPS) is 11.2. The Labute approximate surface area is 145 Å². The molecule has 0 aliphatic heterocycles. The lowest BCUT2D eigenvalue weighted by molar-refractivity contribution is -0.137. The minimum absolute atomic E-state index is 0.000111. The molecule has 0 aliphatic rings. The Bertz CT molecular complexity index is 903. The summed E-state index contributed by atoms with van der Waals surface area (Å²) in [4.78, 5) is 15.4. The van der Waals surface area contributed by atoms with Crippen molar-refractivity contribution in [2.45, 2.75) is 13.1 Å². The predicted molar refractivity (Wildman–Crippen MR) is 82.0 cm³/mol. The van der Waals surface area contributed by atoms with E-state index in [1.54, 1.807) is 6.92 Å². The van der Waals surface area contributed by atoms with E-state index in [1.807, 2.05) is 0 Å². The molecule has 0 aliphatic carbocycles. The van der Waals surface area contributed by atoms with Gasteiger partial charge in [-0.15, -0.1) is 0 Å². The van der Waals surface area contributed by atoms with E-state index < -0.39 is 17.7 Å². The lowest BCUT2D eigenvalue weighted by Gasteiger charge is -2.08. The van der Waals surface area contributed by atoms with Crippen molar-refractivity contribution in [2.75, 3.05) is 0 Å². The molecule has 0 saturated heterocycles. The van der Waals surface area contributed by atoms with E-state index in [0.29, 0.717) is 17.6 Å². The summed E-state index contributed by atoms with van der Waals surface area (Å²) in [5, 5.41) is 3.59. The minimum atomic E-state index is -4.46. The molecule has 0 N–H and O–H groups in total. The molecule has 6 nitrogen and oxygen atoms in total. The Kier molecular flexibility index (Phi) is 4.61. The molecule has 0 amide bonds. The van der Waals surface area contributed by atoms with Gasteiger partial charge in [-0.3, -0.25) is 0 Å². The number of halogens is 3. The highest BCUT2D eigenvalue weighted by atomic mass is 19.4. The average Bonchev–Trinajstić information content (AvgIpc) is 3.03. The molecular formula is C17H11F3N2O4. The van der Waals surface area contributed by atoms with E-state index in [0.717, 1.165) is 12.1 Å². The fourth-order valence-corrected chi connectivity index (χ4v) is 1.92. The smallest absolute Gasteiger partial charge is 0.417 e. The first kappa shape index (κ1) is 17.5. The Morgan fingerprint density at radius 3 is 2.31 bits per heavy atom. The average molecular weight is 364 g/mol. The molecule has 0 spiro atoms. The summed E-state index contributed by atoms with van der Waals surface area (Å²) in [6.45, 7) is 1.67. The fraction of sp³-hybridized carbons (Fsp3) is 0.118. The van der Waals surface area contributed by atoms with Gasteiger partial charge in [0, 0.05) is 18.3 Å². The number of pyridine rings is 1. The van der Waals surface area contributed by atoms with Crippen LogP contribution in [0.15, 0.2) is 53.2 Å². The van der Waals surface area contributed by atoms with Crippen LogP contribution in [-0.2, 0) is 6.18 Å². The maximum absolute atomic E-state index is 12.5. The fourth-order valence-electron chi connectivity index (χ4n) is 1.92. The van der Waals surface area contributed by atoms with Crippen molar-refractivity contribution in [2.24, 2.45) is 0 Å². The minimum Gasteiger partial charge on any atom is -0.439 e. The maximum Gasteiger partial charge on any atom is 0.417 e. The van der Waals surface area contributed by atoms with Gasteiger partial charge in [0.2, 0.25) is 11.6 Å². The van der Waals surface area contributed by atoms with E-state index >= 15 is 0 Å². The number of hydrogen-bond acceptors (Lipinski definition) is 6. The van der Waals surface area contributed by atoms with Gasteiger partial charge in [-0.2, -0.15) is 13.2 Å². The van der Waals surface area contributed by atoms with Crippen LogP contribution in [0, 0.1) is 6.92 Å². The van der Waals surface area contributed by atoms with Gasteiger partial charge < -0.3 is 14.0 Å². The van der Waals surface area contributed by atoms with Gasteiger partial charge in [-0.1, -0.05) is 5.16 Å². The van der Waals surface area contributed by atoms with Gasteiger partial charge in [0.1, 0.15) is 11.5 Å². The number of aromatic nitrogens is 2. The molecule has 0 unspecified atom stereocenters. The standard InChI is InChI=1S/C17H11F3N2O4/c1-10-8-14(26-22-10)16(23)25-13-5-3-12(4-6-13)24-15-7-2-11(9-21-15)17(18,19)20/h2-9H,1H3. The van der Waals surface area contributed by atoms with E-state index in [2.05, 4.69) is 10.1 Å². The number of rotatable bonds is 4. The lowest BCUT2D eigenvalue weighted by Crippen LogP contribution is -2.07. The van der Waals surface area contributed by atoms with Gasteiger partial charge in [0.05, 0.1) is 11.3 Å². The molecule has 134 valence electrons. The Morgan fingerprint density at radius 2 is 1.77 bits per heavy atom. The molecule has 0 saturated carbocycles. The maximum atomic E-state index is 12.5. The number of carbonyl (C=O) groups excluding carboxylic acids is 1. The van der Waals surface area contributed by atoms with Gasteiger partial charge in [0.25, 0.3) is 0 Å². The van der Waals surface area contributed by atoms with E-state index in [-0.39, 0.29) is 17.4 Å². The quantitative estimate of drug-likeness (QED) is 0.504. The molecule has 1 aromatic carbocycles. The van der Waals surface area contributed by atoms with Crippen LogP contribution in [0.4, 0.5) is 13.2 Å². The second-order valence-electron chi connectivity index (χ2n) is 5.18. The number of nitrogens with zero attached hydrogens (tertiary/aromatic N) is 2. The Morgan fingerprint density at radius 1 is 1.08 bits per heavy atom. The Balaban J connectivity index is 1.63. The molecule has 9 heteroatoms. The molecule has 2 aromatic heterocycles. The summed E-state index contributed by atoms with van der Waals surface area (Å²) in [6.07, 6.45) is -3.77. The molecule has 0 fully saturated rings. The second-order valence-corrected chi connectivity index (χ2v) is 5.18. The summed E-state index contributed by atoms with van der Waals surface area (Å²) >= 11 is 0. The molecule has 26 heavy (non-hydrogen) atoms. The van der Waals surface area contributed by atoms with Crippen LogP contribution >= 0.6 is 0 Å². The van der Waals surface area contributed by atoms with Crippen molar-refractivity contribution in [1.82, 2.24) is 10.1 Å². The number of carbonyl (C=O) groups is 1. The van der Waals surface area contributed by atoms with Crippen LogP contribution < -0.4 is 9.47 Å². The number of aryl methyl sites for hydroxylation is 1. The highest BCUT2D eigenvalue weighted by molar-refractivity contribution is 5.88. The topological polar surface area (TPSA) is 74.5 Å². The third-order valence-electron chi connectivity index (χ3n) is 3.15. The van der Waals surface area contributed by atoms with Crippen LogP contribution in [0.3, 0.4) is 0 Å². The first-order valence-electron chi connectivity index (χ1n) is 7.28. The van der Waals surface area contributed by atoms with E-state index in [9.17, 15) is 18.0 Å².